The van der Waals surface area contributed by atoms with Gasteiger partial charge in [-0.15, -0.1) is 0 Å². The number of hydrogen-bond donors (Lipinski definition) is 1. The standard InChI is InChI=1S/C11H16OSi/c1-13(12)10-6-5-9-11-7-3-2-4-8-11/h2-8,12-13H,9-10H2,1H3. The second-order valence-electron chi connectivity index (χ2n) is 3.25. The molecule has 13 heavy (non-hydrogen) atoms. The molecule has 1 atom stereocenters. The van der Waals surface area contributed by atoms with E-state index in [-0.39, 0.29) is 0 Å². The van der Waals surface area contributed by atoms with Gasteiger partial charge in [-0.25, -0.2) is 0 Å². The molecule has 1 nitrogen and oxygen atoms in total. The van der Waals surface area contributed by atoms with Gasteiger partial charge in [0, 0.05) is 0 Å². The molecule has 2 heteroatoms. The van der Waals surface area contributed by atoms with Crippen molar-refractivity contribution in [3.63, 3.8) is 0 Å². The fourth-order valence-corrected chi connectivity index (χ4v) is 1.71. The summed E-state index contributed by atoms with van der Waals surface area (Å²) in [6.07, 6.45) is 5.20. The minimum absolute atomic E-state index is 0.882. The molecular weight excluding hydrogens is 176 g/mol. The van der Waals surface area contributed by atoms with E-state index in [2.05, 4.69) is 24.3 Å². The van der Waals surface area contributed by atoms with Gasteiger partial charge in [0.2, 0.25) is 0 Å². The third-order valence-electron chi connectivity index (χ3n) is 1.84. The molecule has 1 N–H and O–H groups in total. The summed E-state index contributed by atoms with van der Waals surface area (Å²) in [5, 5.41) is 0. The zero-order valence-electron chi connectivity index (χ0n) is 7.98. The Bertz CT molecular complexity index is 254. The highest BCUT2D eigenvalue weighted by atomic mass is 28.3. The summed E-state index contributed by atoms with van der Waals surface area (Å²) in [4.78, 5) is 9.14. The van der Waals surface area contributed by atoms with E-state index in [9.17, 15) is 0 Å². The van der Waals surface area contributed by atoms with Crippen LogP contribution < -0.4 is 0 Å². The van der Waals surface area contributed by atoms with Crippen molar-refractivity contribution in [3.05, 3.63) is 48.0 Å². The van der Waals surface area contributed by atoms with Crippen LogP contribution in [0.25, 0.3) is 0 Å². The largest absolute Gasteiger partial charge is 0.435 e. The number of benzene rings is 1. The molecule has 0 spiro atoms. The fraction of sp³-hybridized carbons (Fsp3) is 0.273. The van der Waals surface area contributed by atoms with Crippen LogP contribution in [0.5, 0.6) is 0 Å². The summed E-state index contributed by atoms with van der Waals surface area (Å²) in [6.45, 7) is 1.94. The van der Waals surface area contributed by atoms with Gasteiger partial charge in [-0.3, -0.25) is 0 Å². The minimum atomic E-state index is -1.38. The van der Waals surface area contributed by atoms with Gasteiger partial charge in [0.1, 0.15) is 0 Å². The second kappa shape index (κ2) is 5.73. The van der Waals surface area contributed by atoms with E-state index in [1.807, 2.05) is 24.7 Å². The summed E-state index contributed by atoms with van der Waals surface area (Å²) < 4.78 is 0. The highest BCUT2D eigenvalue weighted by Crippen LogP contribution is 2.01. The van der Waals surface area contributed by atoms with Crippen molar-refractivity contribution < 1.29 is 4.80 Å². The van der Waals surface area contributed by atoms with Gasteiger partial charge in [0.05, 0.1) is 0 Å². The van der Waals surface area contributed by atoms with Crippen molar-refractivity contribution in [2.75, 3.05) is 0 Å². The minimum Gasteiger partial charge on any atom is -0.435 e. The van der Waals surface area contributed by atoms with E-state index in [0.717, 1.165) is 12.5 Å². The van der Waals surface area contributed by atoms with Crippen molar-refractivity contribution in [1.82, 2.24) is 0 Å². The highest BCUT2D eigenvalue weighted by Gasteiger charge is 1.92. The highest BCUT2D eigenvalue weighted by molar-refractivity contribution is 6.49. The third kappa shape index (κ3) is 4.65. The summed E-state index contributed by atoms with van der Waals surface area (Å²) >= 11 is 0. The number of rotatable bonds is 4. The Morgan fingerprint density at radius 3 is 2.54 bits per heavy atom. The van der Waals surface area contributed by atoms with E-state index < -0.39 is 9.04 Å². The van der Waals surface area contributed by atoms with Crippen LogP contribution in [0, 0.1) is 0 Å². The third-order valence-corrected chi connectivity index (χ3v) is 2.79. The van der Waals surface area contributed by atoms with Crippen molar-refractivity contribution in [2.24, 2.45) is 0 Å². The Labute approximate surface area is 81.5 Å². The Kier molecular flexibility index (Phi) is 4.50. The molecule has 70 valence electrons. The number of hydrogen-bond acceptors (Lipinski definition) is 1. The summed E-state index contributed by atoms with van der Waals surface area (Å²) in [6, 6.07) is 11.2. The van der Waals surface area contributed by atoms with E-state index in [1.54, 1.807) is 0 Å². The second-order valence-corrected chi connectivity index (χ2v) is 5.42. The van der Waals surface area contributed by atoms with Gasteiger partial charge in [-0.1, -0.05) is 42.5 Å². The molecule has 0 bridgehead atoms. The molecule has 0 aliphatic heterocycles. The molecule has 1 aromatic carbocycles. The van der Waals surface area contributed by atoms with Crippen LogP contribution >= 0.6 is 0 Å². The Morgan fingerprint density at radius 2 is 1.92 bits per heavy atom. The normalized spacial score (nSPS) is 13.4. The zero-order valence-corrected chi connectivity index (χ0v) is 9.13. The molecule has 0 saturated carbocycles. The molecular formula is C11H16OSi. The first kappa shape index (κ1) is 10.2. The van der Waals surface area contributed by atoms with E-state index in [0.29, 0.717) is 0 Å². The smallest absolute Gasteiger partial charge is 0.173 e. The monoisotopic (exact) mass is 192 g/mol. The summed E-state index contributed by atoms with van der Waals surface area (Å²) in [7, 11) is -1.38. The first-order valence-corrected chi connectivity index (χ1v) is 7.15. The molecule has 0 amide bonds. The summed E-state index contributed by atoms with van der Waals surface area (Å²) in [5.74, 6) is 0. The Balaban J connectivity index is 2.31. The first-order chi connectivity index (χ1) is 6.29. The molecule has 0 fully saturated rings. The van der Waals surface area contributed by atoms with E-state index in [1.165, 1.54) is 5.56 Å². The van der Waals surface area contributed by atoms with Crippen LogP contribution in [0.2, 0.25) is 12.6 Å². The van der Waals surface area contributed by atoms with Gasteiger partial charge >= 0.3 is 0 Å². The lowest BCUT2D eigenvalue weighted by Gasteiger charge is -1.95. The molecule has 1 rings (SSSR count). The maximum absolute atomic E-state index is 9.14. The van der Waals surface area contributed by atoms with Crippen molar-refractivity contribution in [2.45, 2.75) is 19.0 Å². The van der Waals surface area contributed by atoms with Crippen molar-refractivity contribution in [1.29, 1.82) is 0 Å². The summed E-state index contributed by atoms with van der Waals surface area (Å²) in [5.41, 5.74) is 1.33. The van der Waals surface area contributed by atoms with E-state index in [4.69, 9.17) is 4.80 Å². The quantitative estimate of drug-likeness (QED) is 0.572. The Hall–Kier alpha value is -0.863. The van der Waals surface area contributed by atoms with Gasteiger partial charge in [0.15, 0.2) is 9.04 Å². The van der Waals surface area contributed by atoms with Gasteiger partial charge in [-0.2, -0.15) is 0 Å². The average molecular weight is 192 g/mol. The van der Waals surface area contributed by atoms with Crippen LogP contribution in [-0.2, 0) is 6.42 Å². The van der Waals surface area contributed by atoms with Crippen LogP contribution in [0.3, 0.4) is 0 Å². The first-order valence-electron chi connectivity index (χ1n) is 4.66. The number of allylic oxidation sites excluding steroid dienone is 2. The maximum Gasteiger partial charge on any atom is 0.173 e. The maximum atomic E-state index is 9.14. The molecule has 0 saturated heterocycles. The SMILES string of the molecule is C[SiH](O)CC=CCc1ccccc1. The van der Waals surface area contributed by atoms with Crippen LogP contribution in [0.1, 0.15) is 5.56 Å². The van der Waals surface area contributed by atoms with Gasteiger partial charge in [-0.05, 0) is 24.6 Å². The predicted octanol–water partition coefficient (Wildman–Crippen LogP) is 2.13. The molecule has 0 heterocycles. The van der Waals surface area contributed by atoms with Gasteiger partial charge < -0.3 is 4.80 Å². The molecule has 0 aliphatic carbocycles. The van der Waals surface area contributed by atoms with Crippen LogP contribution in [0.4, 0.5) is 0 Å². The molecule has 0 aromatic heterocycles. The van der Waals surface area contributed by atoms with Crippen LogP contribution in [0.15, 0.2) is 42.5 Å². The Morgan fingerprint density at radius 1 is 1.23 bits per heavy atom. The molecule has 0 radical (unpaired) electrons. The van der Waals surface area contributed by atoms with Gasteiger partial charge in [0.25, 0.3) is 0 Å². The zero-order chi connectivity index (χ0) is 9.52. The predicted molar refractivity (Wildman–Crippen MR) is 59.3 cm³/mol. The topological polar surface area (TPSA) is 20.2 Å². The average Bonchev–Trinajstić information content (AvgIpc) is 2.14. The molecule has 0 aliphatic rings. The lowest BCUT2D eigenvalue weighted by atomic mass is 10.1. The lowest BCUT2D eigenvalue weighted by molar-refractivity contribution is 0.582. The van der Waals surface area contributed by atoms with Crippen molar-refractivity contribution >= 4 is 9.04 Å². The van der Waals surface area contributed by atoms with E-state index >= 15 is 0 Å². The van der Waals surface area contributed by atoms with Crippen molar-refractivity contribution in [3.8, 4) is 0 Å². The molecule has 1 aromatic rings. The lowest BCUT2D eigenvalue weighted by Crippen LogP contribution is -2.01. The fourth-order valence-electron chi connectivity index (χ4n) is 1.13. The van der Waals surface area contributed by atoms with Crippen LogP contribution in [-0.4, -0.2) is 13.8 Å². The molecule has 1 unspecified atom stereocenters.